The van der Waals surface area contributed by atoms with E-state index in [1.165, 1.54) is 6.07 Å². The van der Waals surface area contributed by atoms with Crippen molar-refractivity contribution in [2.75, 3.05) is 10.6 Å². The molecule has 0 atom stereocenters. The Kier molecular flexibility index (Phi) is 6.12. The van der Waals surface area contributed by atoms with Crippen molar-refractivity contribution in [2.45, 2.75) is 27.2 Å². The van der Waals surface area contributed by atoms with Gasteiger partial charge in [0.25, 0.3) is 0 Å². The summed E-state index contributed by atoms with van der Waals surface area (Å²) in [5.74, 6) is -0.641. The molecule has 2 heterocycles. The average molecular weight is 448 g/mol. The first-order valence-corrected chi connectivity index (χ1v) is 10.3. The zero-order chi connectivity index (χ0) is 23.5. The van der Waals surface area contributed by atoms with Gasteiger partial charge in [0.2, 0.25) is 5.91 Å². The molecule has 0 fully saturated rings. The van der Waals surface area contributed by atoms with E-state index < -0.39 is 17.5 Å². The Balaban J connectivity index is 1.37. The molecule has 9 heteroatoms. The Morgan fingerprint density at radius 1 is 0.939 bits per heavy atom. The SMILES string of the molecule is Cc1nn(-c2ccc(Nc3ccc(NC(=O)Cc4ccc(F)cc4F)cc3)nn2)c(C)c1C. The molecule has 0 unspecified atom stereocenters. The van der Waals surface area contributed by atoms with Crippen molar-refractivity contribution in [2.24, 2.45) is 0 Å². The van der Waals surface area contributed by atoms with Crippen molar-refractivity contribution >= 4 is 23.1 Å². The molecular weight excluding hydrogens is 426 g/mol. The highest BCUT2D eigenvalue weighted by Gasteiger charge is 2.11. The van der Waals surface area contributed by atoms with Crippen LogP contribution in [0.15, 0.2) is 54.6 Å². The van der Waals surface area contributed by atoms with Gasteiger partial charge in [-0.1, -0.05) is 6.07 Å². The number of benzene rings is 2. The second-order valence-electron chi connectivity index (χ2n) is 7.65. The van der Waals surface area contributed by atoms with E-state index in [1.807, 2.05) is 26.8 Å². The first-order chi connectivity index (χ1) is 15.8. The highest BCUT2D eigenvalue weighted by atomic mass is 19.1. The number of carbonyl (C=O) groups excluding carboxylic acids is 1. The van der Waals surface area contributed by atoms with E-state index in [2.05, 4.69) is 25.9 Å². The first kappa shape index (κ1) is 22.1. The second kappa shape index (κ2) is 9.15. The van der Waals surface area contributed by atoms with Crippen LogP contribution in [-0.2, 0) is 11.2 Å². The highest BCUT2D eigenvalue weighted by molar-refractivity contribution is 5.92. The molecule has 2 aromatic heterocycles. The molecule has 0 aliphatic heterocycles. The van der Waals surface area contributed by atoms with Crippen LogP contribution >= 0.6 is 0 Å². The van der Waals surface area contributed by atoms with E-state index in [4.69, 9.17) is 0 Å². The van der Waals surface area contributed by atoms with Gasteiger partial charge in [-0.05, 0) is 74.4 Å². The van der Waals surface area contributed by atoms with Crippen LogP contribution in [0, 0.1) is 32.4 Å². The monoisotopic (exact) mass is 448 g/mol. The van der Waals surface area contributed by atoms with Gasteiger partial charge in [0.15, 0.2) is 11.6 Å². The van der Waals surface area contributed by atoms with Crippen LogP contribution in [0.25, 0.3) is 5.82 Å². The van der Waals surface area contributed by atoms with E-state index in [0.29, 0.717) is 17.3 Å². The van der Waals surface area contributed by atoms with E-state index in [0.717, 1.165) is 34.8 Å². The molecular formula is C24H22F2N6O. The van der Waals surface area contributed by atoms with Gasteiger partial charge in [0, 0.05) is 23.1 Å². The summed E-state index contributed by atoms with van der Waals surface area (Å²) in [6.07, 6.45) is -0.192. The predicted octanol–water partition coefficient (Wildman–Crippen LogP) is 4.79. The minimum absolute atomic E-state index is 0.129. The number of aromatic nitrogens is 4. The van der Waals surface area contributed by atoms with Crippen LogP contribution in [0.4, 0.5) is 26.0 Å². The van der Waals surface area contributed by atoms with Crippen molar-refractivity contribution in [1.29, 1.82) is 0 Å². The molecule has 0 aliphatic carbocycles. The van der Waals surface area contributed by atoms with Gasteiger partial charge >= 0.3 is 0 Å². The summed E-state index contributed by atoms with van der Waals surface area (Å²) in [5.41, 5.74) is 4.52. The number of amides is 1. The Hall–Kier alpha value is -4.14. The largest absolute Gasteiger partial charge is 0.339 e. The number of nitrogens with one attached hydrogen (secondary N) is 2. The number of rotatable bonds is 6. The van der Waals surface area contributed by atoms with Crippen molar-refractivity contribution in [3.63, 3.8) is 0 Å². The van der Waals surface area contributed by atoms with Gasteiger partial charge in [0.05, 0.1) is 12.1 Å². The van der Waals surface area contributed by atoms with Crippen LogP contribution in [0.3, 0.4) is 0 Å². The lowest BCUT2D eigenvalue weighted by atomic mass is 10.1. The maximum Gasteiger partial charge on any atom is 0.228 e. The van der Waals surface area contributed by atoms with Crippen molar-refractivity contribution in [3.8, 4) is 5.82 Å². The molecule has 7 nitrogen and oxygen atoms in total. The molecule has 0 aliphatic rings. The highest BCUT2D eigenvalue weighted by Crippen LogP contribution is 2.20. The normalized spacial score (nSPS) is 10.8. The van der Waals surface area contributed by atoms with E-state index in [-0.39, 0.29) is 12.0 Å². The number of anilines is 3. The number of carbonyl (C=O) groups is 1. The minimum atomic E-state index is -0.746. The van der Waals surface area contributed by atoms with Crippen molar-refractivity contribution < 1.29 is 13.6 Å². The summed E-state index contributed by atoms with van der Waals surface area (Å²) in [4.78, 5) is 12.2. The maximum atomic E-state index is 13.7. The van der Waals surface area contributed by atoms with Crippen molar-refractivity contribution in [3.05, 3.63) is 88.7 Å². The van der Waals surface area contributed by atoms with Gasteiger partial charge in [-0.2, -0.15) is 5.10 Å². The van der Waals surface area contributed by atoms with Gasteiger partial charge < -0.3 is 10.6 Å². The van der Waals surface area contributed by atoms with Crippen LogP contribution in [0.5, 0.6) is 0 Å². The van der Waals surface area contributed by atoms with Crippen molar-refractivity contribution in [1.82, 2.24) is 20.0 Å². The molecule has 33 heavy (non-hydrogen) atoms. The van der Waals surface area contributed by atoms with Crippen LogP contribution in [0.2, 0.25) is 0 Å². The standard InChI is InChI=1S/C24H22F2N6O/c1-14-15(2)31-32(16(14)3)23-11-10-22(29-30-23)27-19-6-8-20(9-7-19)28-24(33)12-17-4-5-18(25)13-21(17)26/h4-11,13H,12H2,1-3H3,(H,27,29)(H,28,33). The summed E-state index contributed by atoms with van der Waals surface area (Å²) < 4.78 is 28.5. The van der Waals surface area contributed by atoms with Crippen LogP contribution < -0.4 is 10.6 Å². The Morgan fingerprint density at radius 2 is 1.67 bits per heavy atom. The van der Waals surface area contributed by atoms with E-state index in [9.17, 15) is 13.6 Å². The molecule has 0 bridgehead atoms. The first-order valence-electron chi connectivity index (χ1n) is 10.3. The smallest absolute Gasteiger partial charge is 0.228 e. The fourth-order valence-corrected chi connectivity index (χ4v) is 3.28. The van der Waals surface area contributed by atoms with Gasteiger partial charge in [-0.15, -0.1) is 10.2 Å². The lowest BCUT2D eigenvalue weighted by Gasteiger charge is -2.09. The van der Waals surface area contributed by atoms with Gasteiger partial charge in [-0.3, -0.25) is 4.79 Å². The molecule has 0 spiro atoms. The van der Waals surface area contributed by atoms with Crippen LogP contribution in [-0.4, -0.2) is 25.9 Å². The fraction of sp³-hybridized carbons (Fsp3) is 0.167. The third kappa shape index (κ3) is 5.03. The Labute approximate surface area is 189 Å². The summed E-state index contributed by atoms with van der Waals surface area (Å²) >= 11 is 0. The number of halogens is 2. The van der Waals surface area contributed by atoms with Crippen LogP contribution in [0.1, 0.15) is 22.5 Å². The molecule has 1 amide bonds. The summed E-state index contributed by atoms with van der Waals surface area (Å²) in [5, 5.41) is 18.8. The maximum absolute atomic E-state index is 13.7. The lowest BCUT2D eigenvalue weighted by molar-refractivity contribution is -0.115. The molecule has 4 rings (SSSR count). The number of hydrogen-bond acceptors (Lipinski definition) is 5. The summed E-state index contributed by atoms with van der Waals surface area (Å²) in [6, 6.07) is 13.8. The zero-order valence-corrected chi connectivity index (χ0v) is 18.4. The fourth-order valence-electron chi connectivity index (χ4n) is 3.28. The molecule has 0 radical (unpaired) electrons. The molecule has 0 saturated carbocycles. The summed E-state index contributed by atoms with van der Waals surface area (Å²) in [7, 11) is 0. The molecule has 0 saturated heterocycles. The van der Waals surface area contributed by atoms with E-state index >= 15 is 0 Å². The molecule has 4 aromatic rings. The predicted molar refractivity (Wildman–Crippen MR) is 122 cm³/mol. The molecule has 2 N–H and O–H groups in total. The number of hydrogen-bond donors (Lipinski definition) is 2. The lowest BCUT2D eigenvalue weighted by Crippen LogP contribution is -2.15. The minimum Gasteiger partial charge on any atom is -0.339 e. The average Bonchev–Trinajstić information content (AvgIpc) is 3.05. The third-order valence-electron chi connectivity index (χ3n) is 5.33. The summed E-state index contributed by atoms with van der Waals surface area (Å²) in [6.45, 7) is 5.96. The number of nitrogens with zero attached hydrogens (tertiary/aromatic N) is 4. The van der Waals surface area contributed by atoms with E-state index in [1.54, 1.807) is 35.0 Å². The number of aryl methyl sites for hydroxylation is 1. The zero-order valence-electron chi connectivity index (χ0n) is 18.4. The Morgan fingerprint density at radius 3 is 2.27 bits per heavy atom. The topological polar surface area (TPSA) is 84.7 Å². The van der Waals surface area contributed by atoms with Gasteiger partial charge in [0.1, 0.15) is 11.6 Å². The Bertz CT molecular complexity index is 1300. The molecule has 2 aromatic carbocycles. The molecule has 168 valence electrons. The second-order valence-corrected chi connectivity index (χ2v) is 7.65. The quantitative estimate of drug-likeness (QED) is 0.443. The van der Waals surface area contributed by atoms with Gasteiger partial charge in [-0.25, -0.2) is 13.5 Å². The third-order valence-corrected chi connectivity index (χ3v) is 5.33.